The summed E-state index contributed by atoms with van der Waals surface area (Å²) in [6.07, 6.45) is 16.8. The van der Waals surface area contributed by atoms with Crippen molar-refractivity contribution in [2.75, 3.05) is 6.54 Å². The average molecular weight is 302 g/mol. The van der Waals surface area contributed by atoms with Gasteiger partial charge in [-0.3, -0.25) is 4.98 Å². The first-order valence-corrected chi connectivity index (χ1v) is 8.72. The molecule has 4 nitrogen and oxygen atoms in total. The van der Waals surface area contributed by atoms with E-state index in [1.165, 1.54) is 63.4 Å². The summed E-state index contributed by atoms with van der Waals surface area (Å²) < 4.78 is 0. The van der Waals surface area contributed by atoms with E-state index in [1.807, 2.05) is 18.5 Å². The minimum absolute atomic E-state index is 0.531. The van der Waals surface area contributed by atoms with Gasteiger partial charge < -0.3 is 0 Å². The van der Waals surface area contributed by atoms with Gasteiger partial charge in [0.15, 0.2) is 0 Å². The summed E-state index contributed by atoms with van der Waals surface area (Å²) in [5.74, 6) is 0.531. The van der Waals surface area contributed by atoms with Crippen molar-refractivity contribution in [3.63, 3.8) is 0 Å². The molecule has 0 saturated carbocycles. The maximum Gasteiger partial charge on any atom is 0.0299 e. The Morgan fingerprint density at radius 1 is 1.09 bits per heavy atom. The van der Waals surface area contributed by atoms with Crippen molar-refractivity contribution in [2.45, 2.75) is 71.1 Å². The molecule has 0 aromatic carbocycles. The number of azide groups is 1. The van der Waals surface area contributed by atoms with Gasteiger partial charge >= 0.3 is 0 Å². The summed E-state index contributed by atoms with van der Waals surface area (Å²) in [5, 5.41) is 3.63. The van der Waals surface area contributed by atoms with Crippen LogP contribution in [0.15, 0.2) is 29.6 Å². The van der Waals surface area contributed by atoms with Crippen LogP contribution >= 0.6 is 0 Å². The maximum atomic E-state index is 8.27. The van der Waals surface area contributed by atoms with E-state index in [1.54, 1.807) is 0 Å². The van der Waals surface area contributed by atoms with Gasteiger partial charge in [-0.25, -0.2) is 0 Å². The highest BCUT2D eigenvalue weighted by atomic mass is 15.1. The first-order valence-electron chi connectivity index (χ1n) is 8.72. The molecule has 0 fully saturated rings. The molecule has 0 amide bonds. The molecule has 0 bridgehead atoms. The van der Waals surface area contributed by atoms with Crippen LogP contribution in [0.4, 0.5) is 0 Å². The molecule has 122 valence electrons. The number of hydrogen-bond donors (Lipinski definition) is 0. The quantitative estimate of drug-likeness (QED) is 0.188. The fraction of sp³-hybridized carbons (Fsp3) is 0.722. The fourth-order valence-electron chi connectivity index (χ4n) is 2.70. The third-order valence-corrected chi connectivity index (χ3v) is 4.09. The Hall–Kier alpha value is -1.54. The number of rotatable bonds is 13. The third-order valence-electron chi connectivity index (χ3n) is 4.09. The molecule has 0 aliphatic heterocycles. The predicted molar refractivity (Wildman–Crippen MR) is 92.7 cm³/mol. The molecule has 1 atom stereocenters. The zero-order valence-corrected chi connectivity index (χ0v) is 14.0. The SMILES string of the molecule is C[C@H](CCCCCCCCCCc1cccnc1)CN=[N+]=[N-]. The number of hydrogen-bond acceptors (Lipinski definition) is 2. The Bertz CT molecular complexity index is 412. The molecule has 0 saturated heterocycles. The first kappa shape index (κ1) is 18.5. The summed E-state index contributed by atoms with van der Waals surface area (Å²) >= 11 is 0. The van der Waals surface area contributed by atoms with Crippen molar-refractivity contribution in [1.29, 1.82) is 0 Å². The number of aryl methyl sites for hydroxylation is 1. The van der Waals surface area contributed by atoms with Gasteiger partial charge in [-0.2, -0.15) is 0 Å². The van der Waals surface area contributed by atoms with E-state index in [9.17, 15) is 0 Å². The molecule has 0 spiro atoms. The lowest BCUT2D eigenvalue weighted by atomic mass is 10.0. The van der Waals surface area contributed by atoms with Crippen molar-refractivity contribution in [2.24, 2.45) is 11.0 Å². The Balaban J connectivity index is 1.83. The summed E-state index contributed by atoms with van der Waals surface area (Å²) in [5.41, 5.74) is 9.62. The molecule has 0 aliphatic rings. The van der Waals surface area contributed by atoms with Crippen LogP contribution in [0.5, 0.6) is 0 Å². The van der Waals surface area contributed by atoms with E-state index >= 15 is 0 Å². The summed E-state index contributed by atoms with van der Waals surface area (Å²) in [6, 6.07) is 4.18. The Labute approximate surface area is 135 Å². The second kappa shape index (κ2) is 13.1. The minimum Gasteiger partial charge on any atom is -0.264 e. The molecule has 0 N–H and O–H groups in total. The molecule has 1 aromatic rings. The van der Waals surface area contributed by atoms with Gasteiger partial charge in [-0.05, 0) is 35.9 Å². The van der Waals surface area contributed by atoms with E-state index in [2.05, 4.69) is 28.0 Å². The first-order chi connectivity index (χ1) is 10.8. The lowest BCUT2D eigenvalue weighted by molar-refractivity contribution is 0.486. The van der Waals surface area contributed by atoms with E-state index in [4.69, 9.17) is 5.53 Å². The topological polar surface area (TPSA) is 61.7 Å². The van der Waals surface area contributed by atoms with Crippen molar-refractivity contribution in [1.82, 2.24) is 4.98 Å². The standard InChI is InChI=1S/C18H30N4/c1-17(15-21-22-19)11-8-6-4-2-3-5-7-9-12-18-13-10-14-20-16-18/h10,13-14,16-17H,2-9,11-12,15H2,1H3/t17-/m1/s1. The monoisotopic (exact) mass is 302 g/mol. The Kier molecular flexibility index (Phi) is 11.1. The molecular formula is C18H30N4. The molecular weight excluding hydrogens is 272 g/mol. The van der Waals surface area contributed by atoms with E-state index in [0.717, 1.165) is 6.42 Å². The van der Waals surface area contributed by atoms with Gasteiger partial charge in [0, 0.05) is 23.9 Å². The number of aromatic nitrogens is 1. The van der Waals surface area contributed by atoms with Crippen molar-refractivity contribution < 1.29 is 0 Å². The molecule has 1 heterocycles. The molecule has 1 rings (SSSR count). The highest BCUT2D eigenvalue weighted by Gasteiger charge is 2.00. The van der Waals surface area contributed by atoms with E-state index in [0.29, 0.717) is 12.5 Å². The predicted octanol–water partition coefficient (Wildman–Crippen LogP) is 6.08. The molecule has 22 heavy (non-hydrogen) atoms. The van der Waals surface area contributed by atoms with Crippen LogP contribution in [0.1, 0.15) is 70.3 Å². The highest BCUT2D eigenvalue weighted by Crippen LogP contribution is 2.14. The zero-order valence-electron chi connectivity index (χ0n) is 14.0. The van der Waals surface area contributed by atoms with E-state index in [-0.39, 0.29) is 0 Å². The normalized spacial score (nSPS) is 11.9. The fourth-order valence-corrected chi connectivity index (χ4v) is 2.70. The van der Waals surface area contributed by atoms with Crippen LogP contribution < -0.4 is 0 Å². The lowest BCUT2D eigenvalue weighted by Gasteiger charge is -2.07. The smallest absolute Gasteiger partial charge is 0.0299 e. The maximum absolute atomic E-state index is 8.27. The average Bonchev–Trinajstić information content (AvgIpc) is 2.55. The summed E-state index contributed by atoms with van der Waals surface area (Å²) in [6.45, 7) is 2.81. The molecule has 0 radical (unpaired) electrons. The molecule has 0 aliphatic carbocycles. The number of unbranched alkanes of at least 4 members (excludes halogenated alkanes) is 7. The minimum atomic E-state index is 0.531. The lowest BCUT2D eigenvalue weighted by Crippen LogP contribution is -1.98. The van der Waals surface area contributed by atoms with Gasteiger partial charge in [-0.15, -0.1) is 0 Å². The van der Waals surface area contributed by atoms with Crippen LogP contribution in [0, 0.1) is 5.92 Å². The van der Waals surface area contributed by atoms with Gasteiger partial charge in [0.1, 0.15) is 0 Å². The Morgan fingerprint density at radius 3 is 2.41 bits per heavy atom. The highest BCUT2D eigenvalue weighted by molar-refractivity contribution is 5.08. The second-order valence-electron chi connectivity index (χ2n) is 6.25. The van der Waals surface area contributed by atoms with Gasteiger partial charge in [0.2, 0.25) is 0 Å². The largest absolute Gasteiger partial charge is 0.264 e. The van der Waals surface area contributed by atoms with E-state index < -0.39 is 0 Å². The van der Waals surface area contributed by atoms with Gasteiger partial charge in [-0.1, -0.05) is 69.5 Å². The second-order valence-corrected chi connectivity index (χ2v) is 6.25. The van der Waals surface area contributed by atoms with Gasteiger partial charge in [0.25, 0.3) is 0 Å². The molecule has 4 heteroatoms. The van der Waals surface area contributed by atoms with Crippen molar-refractivity contribution >= 4 is 0 Å². The van der Waals surface area contributed by atoms with Crippen LogP contribution in [0.25, 0.3) is 10.4 Å². The summed E-state index contributed by atoms with van der Waals surface area (Å²) in [7, 11) is 0. The van der Waals surface area contributed by atoms with Crippen molar-refractivity contribution in [3.05, 3.63) is 40.5 Å². The van der Waals surface area contributed by atoms with Crippen LogP contribution in [-0.4, -0.2) is 11.5 Å². The third kappa shape index (κ3) is 10.2. The number of pyridine rings is 1. The van der Waals surface area contributed by atoms with Crippen LogP contribution in [0.2, 0.25) is 0 Å². The molecule has 0 unspecified atom stereocenters. The van der Waals surface area contributed by atoms with Crippen molar-refractivity contribution in [3.8, 4) is 0 Å². The van der Waals surface area contributed by atoms with Crippen LogP contribution in [-0.2, 0) is 6.42 Å². The summed E-state index contributed by atoms with van der Waals surface area (Å²) in [4.78, 5) is 6.96. The molecule has 1 aromatic heterocycles. The Morgan fingerprint density at radius 2 is 1.77 bits per heavy atom. The number of nitrogens with zero attached hydrogens (tertiary/aromatic N) is 4. The van der Waals surface area contributed by atoms with Gasteiger partial charge in [0.05, 0.1) is 0 Å². The zero-order chi connectivity index (χ0) is 15.9. The van der Waals surface area contributed by atoms with Crippen LogP contribution in [0.3, 0.4) is 0 Å².